The van der Waals surface area contributed by atoms with Gasteiger partial charge in [0.25, 0.3) is 0 Å². The van der Waals surface area contributed by atoms with Gasteiger partial charge >= 0.3 is 5.69 Å². The number of aromatic nitrogens is 2. The van der Waals surface area contributed by atoms with Crippen LogP contribution in [-0.2, 0) is 0 Å². The molecule has 1 aromatic heterocycles. The number of benzene rings is 1. The van der Waals surface area contributed by atoms with Crippen LogP contribution >= 0.6 is 11.6 Å². The number of anilines is 1. The summed E-state index contributed by atoms with van der Waals surface area (Å²) < 4.78 is 5.59. The zero-order chi connectivity index (χ0) is 15.6. The van der Waals surface area contributed by atoms with E-state index in [0.717, 1.165) is 0 Å². The number of rotatable bonds is 4. The molecule has 1 N–H and O–H groups in total. The maximum atomic E-state index is 11.1. The number of nitrogens with zero attached hydrogens (tertiary/aromatic N) is 3. The largest absolute Gasteiger partial charge is 0.430 e. The molecule has 1 aromatic carbocycles. The number of ether oxygens (including phenoxy) is 1. The van der Waals surface area contributed by atoms with E-state index in [1.54, 1.807) is 20.9 Å². The molecule has 110 valence electrons. The average molecular weight is 309 g/mol. The van der Waals surface area contributed by atoms with Gasteiger partial charge in [0.2, 0.25) is 11.6 Å². The lowest BCUT2D eigenvalue weighted by molar-refractivity contribution is -0.385. The van der Waals surface area contributed by atoms with Crippen molar-refractivity contribution >= 4 is 23.1 Å². The number of hydrogen-bond donors (Lipinski definition) is 1. The molecule has 2 rings (SSSR count). The van der Waals surface area contributed by atoms with Gasteiger partial charge in [0.05, 0.1) is 15.5 Å². The molecule has 0 aliphatic heterocycles. The predicted molar refractivity (Wildman–Crippen MR) is 79.2 cm³/mol. The normalized spacial score (nSPS) is 10.3. The Labute approximate surface area is 126 Å². The molecule has 0 spiro atoms. The zero-order valence-electron chi connectivity index (χ0n) is 11.7. The third kappa shape index (κ3) is 3.03. The summed E-state index contributed by atoms with van der Waals surface area (Å²) in [7, 11) is 1.72. The maximum absolute atomic E-state index is 11.1. The van der Waals surface area contributed by atoms with Crippen molar-refractivity contribution in [3.63, 3.8) is 0 Å². The summed E-state index contributed by atoms with van der Waals surface area (Å²) in [4.78, 5) is 18.9. The molecular weight excluding hydrogens is 296 g/mol. The van der Waals surface area contributed by atoms with Gasteiger partial charge in [-0.1, -0.05) is 17.7 Å². The SMILES string of the molecule is CNc1nc(C)nc(Oc2c(Cl)cccc2[N+](=O)[O-])c1C. The Morgan fingerprint density at radius 2 is 2.05 bits per heavy atom. The number of hydrogen-bond acceptors (Lipinski definition) is 6. The molecule has 1 heterocycles. The summed E-state index contributed by atoms with van der Waals surface area (Å²) in [6.45, 7) is 3.46. The van der Waals surface area contributed by atoms with Gasteiger partial charge in [-0.15, -0.1) is 0 Å². The minimum Gasteiger partial charge on any atom is -0.430 e. The smallest absolute Gasteiger partial charge is 0.313 e. The standard InChI is InChI=1S/C13H13ClN4O3/c1-7-12(15-3)16-8(2)17-13(7)21-11-9(14)5-4-6-10(11)18(19)20/h4-6H,1-3H3,(H,15,16,17). The van der Waals surface area contributed by atoms with Crippen LogP contribution in [0.15, 0.2) is 18.2 Å². The second kappa shape index (κ2) is 5.92. The predicted octanol–water partition coefficient (Wildman–Crippen LogP) is 3.49. The molecule has 0 radical (unpaired) electrons. The van der Waals surface area contributed by atoms with E-state index in [9.17, 15) is 10.1 Å². The minimum absolute atomic E-state index is 0.0348. The summed E-state index contributed by atoms with van der Waals surface area (Å²) in [5, 5.41) is 14.1. The summed E-state index contributed by atoms with van der Waals surface area (Å²) in [6.07, 6.45) is 0. The second-order valence-electron chi connectivity index (χ2n) is 4.25. The van der Waals surface area contributed by atoms with E-state index in [-0.39, 0.29) is 22.3 Å². The molecule has 21 heavy (non-hydrogen) atoms. The fourth-order valence-corrected chi connectivity index (χ4v) is 1.99. The highest BCUT2D eigenvalue weighted by molar-refractivity contribution is 6.32. The molecule has 0 aliphatic rings. The van der Waals surface area contributed by atoms with Crippen LogP contribution in [0.3, 0.4) is 0 Å². The monoisotopic (exact) mass is 308 g/mol. The van der Waals surface area contributed by atoms with E-state index in [2.05, 4.69) is 15.3 Å². The molecule has 8 heteroatoms. The van der Waals surface area contributed by atoms with Gasteiger partial charge in [-0.05, 0) is 19.9 Å². The Balaban J connectivity index is 2.53. The van der Waals surface area contributed by atoms with Crippen LogP contribution in [0.4, 0.5) is 11.5 Å². The molecule has 0 saturated carbocycles. The lowest BCUT2D eigenvalue weighted by Gasteiger charge is -2.12. The molecule has 0 atom stereocenters. The van der Waals surface area contributed by atoms with Crippen LogP contribution in [0.25, 0.3) is 0 Å². The first kappa shape index (κ1) is 15.0. The molecule has 0 aliphatic carbocycles. The van der Waals surface area contributed by atoms with Gasteiger partial charge in [-0.2, -0.15) is 4.98 Å². The average Bonchev–Trinajstić information content (AvgIpc) is 2.44. The Hall–Kier alpha value is -2.41. The van der Waals surface area contributed by atoms with Crippen LogP contribution < -0.4 is 10.1 Å². The number of halogens is 1. The molecule has 2 aromatic rings. The van der Waals surface area contributed by atoms with Gasteiger partial charge in [0.1, 0.15) is 11.6 Å². The lowest BCUT2D eigenvalue weighted by Crippen LogP contribution is -2.04. The number of nitro benzene ring substituents is 1. The summed E-state index contributed by atoms with van der Waals surface area (Å²) in [5.74, 6) is 1.26. The van der Waals surface area contributed by atoms with Crippen molar-refractivity contribution in [2.24, 2.45) is 0 Å². The van der Waals surface area contributed by atoms with Crippen LogP contribution in [-0.4, -0.2) is 21.9 Å². The Bertz CT molecular complexity index is 706. The minimum atomic E-state index is -0.552. The van der Waals surface area contributed by atoms with Crippen LogP contribution in [0.2, 0.25) is 5.02 Å². The van der Waals surface area contributed by atoms with Gasteiger partial charge in [-0.3, -0.25) is 10.1 Å². The van der Waals surface area contributed by atoms with Gasteiger partial charge in [0, 0.05) is 13.1 Å². The van der Waals surface area contributed by atoms with Crippen molar-refractivity contribution in [1.82, 2.24) is 9.97 Å². The molecule has 7 nitrogen and oxygen atoms in total. The quantitative estimate of drug-likeness (QED) is 0.687. The third-order valence-electron chi connectivity index (χ3n) is 2.79. The van der Waals surface area contributed by atoms with Crippen LogP contribution in [0.5, 0.6) is 11.6 Å². The Morgan fingerprint density at radius 1 is 1.33 bits per heavy atom. The molecule has 0 amide bonds. The third-order valence-corrected chi connectivity index (χ3v) is 3.09. The fourth-order valence-electron chi connectivity index (χ4n) is 1.78. The Morgan fingerprint density at radius 3 is 2.67 bits per heavy atom. The molecule has 0 fully saturated rings. The van der Waals surface area contributed by atoms with Crippen molar-refractivity contribution in [3.8, 4) is 11.6 Å². The van der Waals surface area contributed by atoms with Gasteiger partial charge in [0.15, 0.2) is 0 Å². The molecule has 0 saturated heterocycles. The summed E-state index contributed by atoms with van der Waals surface area (Å²) in [5.41, 5.74) is 0.418. The number of aryl methyl sites for hydroxylation is 1. The summed E-state index contributed by atoms with van der Waals surface area (Å²) >= 11 is 6.00. The van der Waals surface area contributed by atoms with Gasteiger partial charge < -0.3 is 10.1 Å². The topological polar surface area (TPSA) is 90.2 Å². The van der Waals surface area contributed by atoms with E-state index >= 15 is 0 Å². The number of para-hydroxylation sites is 1. The van der Waals surface area contributed by atoms with E-state index in [0.29, 0.717) is 17.2 Å². The van der Waals surface area contributed by atoms with Gasteiger partial charge in [-0.25, -0.2) is 4.98 Å². The van der Waals surface area contributed by atoms with E-state index in [1.165, 1.54) is 18.2 Å². The fraction of sp³-hybridized carbons (Fsp3) is 0.231. The molecule has 0 unspecified atom stereocenters. The van der Waals surface area contributed by atoms with E-state index in [4.69, 9.17) is 16.3 Å². The highest BCUT2D eigenvalue weighted by Gasteiger charge is 2.21. The van der Waals surface area contributed by atoms with Crippen molar-refractivity contribution in [2.45, 2.75) is 13.8 Å². The van der Waals surface area contributed by atoms with Crippen LogP contribution in [0.1, 0.15) is 11.4 Å². The van der Waals surface area contributed by atoms with Crippen molar-refractivity contribution < 1.29 is 9.66 Å². The Kier molecular flexibility index (Phi) is 4.23. The molecule has 0 bridgehead atoms. The number of nitrogens with one attached hydrogen (secondary N) is 1. The van der Waals surface area contributed by atoms with E-state index < -0.39 is 4.92 Å². The zero-order valence-corrected chi connectivity index (χ0v) is 12.4. The first-order valence-corrected chi connectivity index (χ1v) is 6.45. The first-order valence-electron chi connectivity index (χ1n) is 6.07. The van der Waals surface area contributed by atoms with Crippen LogP contribution in [0, 0.1) is 24.0 Å². The highest BCUT2D eigenvalue weighted by Crippen LogP contribution is 2.38. The number of nitro groups is 1. The van der Waals surface area contributed by atoms with Crippen molar-refractivity contribution in [1.29, 1.82) is 0 Å². The molecular formula is C13H13ClN4O3. The highest BCUT2D eigenvalue weighted by atomic mass is 35.5. The second-order valence-corrected chi connectivity index (χ2v) is 4.65. The first-order chi connectivity index (χ1) is 9.93. The summed E-state index contributed by atoms with van der Waals surface area (Å²) in [6, 6.07) is 4.33. The lowest BCUT2D eigenvalue weighted by atomic mass is 10.3. The maximum Gasteiger partial charge on any atom is 0.313 e. The van der Waals surface area contributed by atoms with E-state index in [1.807, 2.05) is 0 Å². The van der Waals surface area contributed by atoms with Crippen molar-refractivity contribution in [3.05, 3.63) is 44.7 Å². The van der Waals surface area contributed by atoms with Crippen molar-refractivity contribution in [2.75, 3.05) is 12.4 Å².